The Morgan fingerprint density at radius 1 is 0.373 bits per heavy atom. The molecule has 1 aromatic heterocycles. The highest BCUT2D eigenvalue weighted by Gasteiger charge is 2.20. The van der Waals surface area contributed by atoms with E-state index in [1.54, 1.807) is 0 Å². The van der Waals surface area contributed by atoms with E-state index in [9.17, 15) is 5.48 Å². The summed E-state index contributed by atoms with van der Waals surface area (Å²) in [5.74, 6) is 0. The highest BCUT2D eigenvalue weighted by Crippen LogP contribution is 2.47. The second-order valence-electron chi connectivity index (χ2n) is 13.0. The Morgan fingerprint density at radius 3 is 1.71 bits per heavy atom. The van der Waals surface area contributed by atoms with Crippen molar-refractivity contribution in [3.8, 4) is 33.4 Å². The quantitative estimate of drug-likeness (QED) is 0.173. The maximum atomic E-state index is 9.53. The third-order valence-electron chi connectivity index (χ3n) is 10.2. The van der Waals surface area contributed by atoms with Gasteiger partial charge in [-0.05, 0) is 112 Å². The molecule has 236 valence electrons. The lowest BCUT2D eigenvalue weighted by Gasteiger charge is -2.19. The molecule has 11 aromatic rings. The van der Waals surface area contributed by atoms with E-state index < -0.39 is 24.2 Å². The number of benzene rings is 10. The Bertz CT molecular complexity index is 3580. The van der Waals surface area contributed by atoms with E-state index in [0.717, 1.165) is 59.8 Å². The molecule has 0 saturated heterocycles. The van der Waals surface area contributed by atoms with Gasteiger partial charge in [-0.25, -0.2) is 0 Å². The highest BCUT2D eigenvalue weighted by atomic mass is 16.3. The maximum Gasteiger partial charge on any atom is 0.143 e. The minimum absolute atomic E-state index is 0.177. The van der Waals surface area contributed by atoms with Crippen molar-refractivity contribution in [2.24, 2.45) is 0 Å². The summed E-state index contributed by atoms with van der Waals surface area (Å²) in [5.41, 5.74) is 4.96. The number of hydrogen-bond donors (Lipinski definition) is 0. The van der Waals surface area contributed by atoms with E-state index >= 15 is 0 Å². The summed E-state index contributed by atoms with van der Waals surface area (Å²) >= 11 is 0. The average Bonchev–Trinajstić information content (AvgIpc) is 3.67. The van der Waals surface area contributed by atoms with Gasteiger partial charge in [-0.1, -0.05) is 151 Å². The molecule has 0 aliphatic rings. The zero-order valence-corrected chi connectivity index (χ0v) is 27.1. The molecular weight excluding hydrogens is 617 g/mol. The van der Waals surface area contributed by atoms with Crippen LogP contribution in [-0.4, -0.2) is 0 Å². The van der Waals surface area contributed by atoms with Gasteiger partial charge in [0.05, 0.1) is 11.0 Å². The van der Waals surface area contributed by atoms with Crippen molar-refractivity contribution in [1.82, 2.24) is 0 Å². The van der Waals surface area contributed by atoms with Crippen LogP contribution in [0.3, 0.4) is 0 Å². The van der Waals surface area contributed by atoms with Crippen LogP contribution >= 0.6 is 0 Å². The second kappa shape index (κ2) is 10.9. The van der Waals surface area contributed by atoms with Crippen LogP contribution in [0.5, 0.6) is 0 Å². The number of furan rings is 1. The molecule has 0 N–H and O–H groups in total. The first-order valence-electron chi connectivity index (χ1n) is 20.9. The summed E-state index contributed by atoms with van der Waals surface area (Å²) in [6.07, 6.45) is 0. The van der Waals surface area contributed by atoms with E-state index in [1.165, 1.54) is 0 Å². The molecule has 1 nitrogen and oxygen atoms in total. The Balaban J connectivity index is 1.34. The predicted octanol–water partition coefficient (Wildman–Crippen LogP) is 14.4. The van der Waals surface area contributed by atoms with Crippen LogP contribution in [0.15, 0.2) is 186 Å². The SMILES string of the molecule is [2H]c1c([2H])c([2H])c2c(-c3cc(-c4cccc5oc6c7ccccc7ccc6c45)c4ccccc4c3)c3c([2H])c([2H])c([2H])c([2H])c3c(-c3ccc4ccccc4c3)c2c1[2H]. The Morgan fingerprint density at radius 2 is 0.961 bits per heavy atom. The summed E-state index contributed by atoms with van der Waals surface area (Å²) < 4.78 is 80.2. The molecule has 1 heterocycles. The normalized spacial score (nSPS) is 14.1. The summed E-state index contributed by atoms with van der Waals surface area (Å²) in [5, 5.41) is 8.27. The van der Waals surface area contributed by atoms with Crippen molar-refractivity contribution >= 4 is 75.8 Å². The first kappa shape index (κ1) is 21.4. The van der Waals surface area contributed by atoms with E-state index in [2.05, 4.69) is 30.3 Å². The van der Waals surface area contributed by atoms with E-state index in [0.29, 0.717) is 27.8 Å². The number of fused-ring (bicyclic) bond motifs is 9. The Hall–Kier alpha value is -6.70. The van der Waals surface area contributed by atoms with Gasteiger partial charge in [-0.2, -0.15) is 0 Å². The average molecular weight is 655 g/mol. The third kappa shape index (κ3) is 4.22. The summed E-state index contributed by atoms with van der Waals surface area (Å²) in [4.78, 5) is 0. The van der Waals surface area contributed by atoms with Gasteiger partial charge in [0.15, 0.2) is 0 Å². The largest absolute Gasteiger partial charge is 0.455 e. The van der Waals surface area contributed by atoms with Crippen LogP contribution in [0, 0.1) is 0 Å². The van der Waals surface area contributed by atoms with Gasteiger partial charge in [0.2, 0.25) is 0 Å². The van der Waals surface area contributed by atoms with Crippen LogP contribution in [0.1, 0.15) is 11.0 Å². The summed E-state index contributed by atoms with van der Waals surface area (Å²) in [6.45, 7) is 0. The zero-order chi connectivity index (χ0) is 40.4. The van der Waals surface area contributed by atoms with Gasteiger partial charge in [-0.15, -0.1) is 0 Å². The van der Waals surface area contributed by atoms with Crippen molar-refractivity contribution in [3.63, 3.8) is 0 Å². The monoisotopic (exact) mass is 654 g/mol. The lowest BCUT2D eigenvalue weighted by Crippen LogP contribution is -1.92. The zero-order valence-electron chi connectivity index (χ0n) is 35.1. The van der Waals surface area contributed by atoms with Crippen LogP contribution in [0.4, 0.5) is 0 Å². The standard InChI is InChI=1S/C50H30O/c1-2-14-33-28-35(25-24-31(33)12-1)47-39-18-7-9-20-41(39)48(42-21-10-8-19-40(42)47)36-29-34-15-4-5-16-37(34)45(30-36)43-22-11-23-46-49(43)44-27-26-32-13-3-6-17-38(32)50(44)51-46/h1-30H/i7D,8D,9D,10D,18D,19D,20D,21D. The van der Waals surface area contributed by atoms with Gasteiger partial charge in [0.1, 0.15) is 11.2 Å². The molecule has 0 fully saturated rings. The van der Waals surface area contributed by atoms with Crippen molar-refractivity contribution in [1.29, 1.82) is 0 Å². The Labute approximate surface area is 305 Å². The van der Waals surface area contributed by atoms with Crippen molar-refractivity contribution < 1.29 is 15.4 Å². The molecule has 0 spiro atoms. The molecule has 0 aliphatic heterocycles. The summed E-state index contributed by atoms with van der Waals surface area (Å²) in [6, 6.07) is 40.7. The lowest BCUT2D eigenvalue weighted by atomic mass is 9.84. The van der Waals surface area contributed by atoms with E-state index in [4.69, 9.17) is 9.90 Å². The lowest BCUT2D eigenvalue weighted by molar-refractivity contribution is 0.673. The van der Waals surface area contributed by atoms with Gasteiger partial charge < -0.3 is 4.42 Å². The molecule has 0 unspecified atom stereocenters. The van der Waals surface area contributed by atoms with Gasteiger partial charge in [0, 0.05) is 16.2 Å². The molecular formula is C50H30O. The van der Waals surface area contributed by atoms with Crippen molar-refractivity contribution in [3.05, 3.63) is 182 Å². The fraction of sp³-hybridized carbons (Fsp3) is 0. The first-order chi connectivity index (χ1) is 28.6. The highest BCUT2D eigenvalue weighted by molar-refractivity contribution is 6.24. The van der Waals surface area contributed by atoms with E-state index in [-0.39, 0.29) is 45.7 Å². The molecule has 1 heteroatoms. The van der Waals surface area contributed by atoms with Crippen LogP contribution in [0.2, 0.25) is 0 Å². The maximum absolute atomic E-state index is 9.53. The minimum Gasteiger partial charge on any atom is -0.455 e. The van der Waals surface area contributed by atoms with Crippen LogP contribution in [0.25, 0.3) is 109 Å². The molecule has 0 saturated carbocycles. The Kier molecular flexibility index (Phi) is 4.57. The van der Waals surface area contributed by atoms with Crippen LogP contribution in [-0.2, 0) is 0 Å². The topological polar surface area (TPSA) is 13.1 Å². The smallest absolute Gasteiger partial charge is 0.143 e. The van der Waals surface area contributed by atoms with Gasteiger partial charge >= 0.3 is 0 Å². The molecule has 0 bridgehead atoms. The van der Waals surface area contributed by atoms with Gasteiger partial charge in [0.25, 0.3) is 0 Å². The molecule has 0 radical (unpaired) electrons. The third-order valence-corrected chi connectivity index (χ3v) is 10.2. The molecule has 10 aromatic carbocycles. The van der Waals surface area contributed by atoms with Crippen molar-refractivity contribution in [2.45, 2.75) is 0 Å². The first-order valence-corrected chi connectivity index (χ1v) is 16.9. The number of hydrogen-bond acceptors (Lipinski definition) is 1. The molecule has 0 amide bonds. The minimum atomic E-state index is -0.434. The fourth-order valence-electron chi connectivity index (χ4n) is 8.00. The molecule has 11 rings (SSSR count). The molecule has 0 aliphatic carbocycles. The van der Waals surface area contributed by atoms with Crippen LogP contribution < -0.4 is 0 Å². The second-order valence-corrected chi connectivity index (χ2v) is 13.0. The summed E-state index contributed by atoms with van der Waals surface area (Å²) in [7, 11) is 0. The molecule has 0 atom stereocenters. The van der Waals surface area contributed by atoms with Crippen molar-refractivity contribution in [2.75, 3.05) is 0 Å². The fourth-order valence-corrected chi connectivity index (χ4v) is 8.00. The molecule has 51 heavy (non-hydrogen) atoms. The number of rotatable bonds is 3. The van der Waals surface area contributed by atoms with E-state index in [1.807, 2.05) is 103 Å². The predicted molar refractivity (Wildman–Crippen MR) is 218 cm³/mol. The van der Waals surface area contributed by atoms with Gasteiger partial charge in [-0.3, -0.25) is 0 Å².